The quantitative estimate of drug-likeness (QED) is 0.554. The van der Waals surface area contributed by atoms with Crippen molar-refractivity contribution in [1.29, 1.82) is 0 Å². The van der Waals surface area contributed by atoms with Crippen molar-refractivity contribution in [3.8, 4) is 0 Å². The molecule has 0 unspecified atom stereocenters. The first-order valence-corrected chi connectivity index (χ1v) is 3.91. The van der Waals surface area contributed by atoms with Gasteiger partial charge in [0, 0.05) is 6.42 Å². The predicted octanol–water partition coefficient (Wildman–Crippen LogP) is 1.96. The fourth-order valence-corrected chi connectivity index (χ4v) is 0.664. The molecule has 0 aromatic heterocycles. The van der Waals surface area contributed by atoms with Crippen LogP contribution in [0.3, 0.4) is 0 Å². The second-order valence-corrected chi connectivity index (χ2v) is 2.22. The van der Waals surface area contributed by atoms with Crippen LogP contribution in [0, 0.1) is 0 Å². The number of benzene rings is 1. The van der Waals surface area contributed by atoms with Gasteiger partial charge in [0.15, 0.2) is 0 Å². The van der Waals surface area contributed by atoms with Crippen molar-refractivity contribution in [3.05, 3.63) is 36.4 Å². The first-order valence-electron chi connectivity index (χ1n) is 3.91. The normalized spacial score (nSPS) is 16.0. The van der Waals surface area contributed by atoms with E-state index in [1.165, 1.54) is 0 Å². The lowest BCUT2D eigenvalue weighted by molar-refractivity contribution is -0.532. The van der Waals surface area contributed by atoms with E-state index in [0.717, 1.165) is 6.42 Å². The lowest BCUT2D eigenvalue weighted by Crippen LogP contribution is -2.08. The highest BCUT2D eigenvalue weighted by molar-refractivity contribution is 4.99. The van der Waals surface area contributed by atoms with Gasteiger partial charge < -0.3 is 0 Å². The summed E-state index contributed by atoms with van der Waals surface area (Å²) in [6.07, 6.45) is 0.931. The Labute approximate surface area is 71.7 Å². The zero-order valence-corrected chi connectivity index (χ0v) is 6.81. The number of hydrogen-bond acceptors (Lipinski definition) is 3. The molecule has 0 radical (unpaired) electrons. The van der Waals surface area contributed by atoms with Crippen LogP contribution in [0.25, 0.3) is 0 Å². The summed E-state index contributed by atoms with van der Waals surface area (Å²) in [5, 5.41) is 4.07. The maximum absolute atomic E-state index is 4.35. The molecule has 1 heterocycles. The standard InChI is InChI=1S/C6H6.C3H6O3/c2*1-2-4-6-5-3-1/h1-6H;1-3H2. The number of rotatable bonds is 0. The van der Waals surface area contributed by atoms with Gasteiger partial charge >= 0.3 is 0 Å². The Bertz CT molecular complexity index is 134. The molecule has 1 aromatic carbocycles. The molecule has 0 saturated carbocycles. The van der Waals surface area contributed by atoms with Gasteiger partial charge in [-0.05, 0) is 0 Å². The summed E-state index contributed by atoms with van der Waals surface area (Å²) in [4.78, 5) is 8.69. The lowest BCUT2D eigenvalue weighted by atomic mass is 10.4. The second-order valence-electron chi connectivity index (χ2n) is 2.22. The Balaban J connectivity index is 0.000000120. The average molecular weight is 168 g/mol. The molecule has 0 atom stereocenters. The zero-order chi connectivity index (χ0) is 8.49. The largest absolute Gasteiger partial charge is 0.206 e. The minimum absolute atomic E-state index is 0.653. The van der Waals surface area contributed by atoms with E-state index < -0.39 is 0 Å². The van der Waals surface area contributed by atoms with Gasteiger partial charge in [0.05, 0.1) is 13.2 Å². The van der Waals surface area contributed by atoms with Gasteiger partial charge in [-0.1, -0.05) is 41.4 Å². The minimum Gasteiger partial charge on any atom is -0.206 e. The summed E-state index contributed by atoms with van der Waals surface area (Å²) >= 11 is 0. The third-order valence-electron chi connectivity index (χ3n) is 1.22. The Morgan fingerprint density at radius 2 is 1.08 bits per heavy atom. The Hall–Kier alpha value is -0.900. The predicted molar refractivity (Wildman–Crippen MR) is 44.0 cm³/mol. The van der Waals surface area contributed by atoms with Gasteiger partial charge in [0.2, 0.25) is 0 Å². The van der Waals surface area contributed by atoms with Crippen molar-refractivity contribution in [1.82, 2.24) is 0 Å². The van der Waals surface area contributed by atoms with E-state index in [1.807, 2.05) is 36.4 Å². The van der Waals surface area contributed by atoms with Crippen LogP contribution in [0.15, 0.2) is 36.4 Å². The minimum atomic E-state index is 0.653. The maximum Gasteiger partial charge on any atom is 0.0877 e. The molecule has 2 rings (SSSR count). The highest BCUT2D eigenvalue weighted by Gasteiger charge is 1.96. The van der Waals surface area contributed by atoms with Crippen molar-refractivity contribution in [2.45, 2.75) is 6.42 Å². The molecule has 1 fully saturated rings. The molecule has 0 spiro atoms. The van der Waals surface area contributed by atoms with Crippen LogP contribution in [0.1, 0.15) is 6.42 Å². The molecule has 1 aromatic rings. The van der Waals surface area contributed by atoms with E-state index in [0.29, 0.717) is 13.2 Å². The molecule has 3 heteroatoms. The Kier molecular flexibility index (Phi) is 5.20. The molecular weight excluding hydrogens is 156 g/mol. The van der Waals surface area contributed by atoms with Crippen molar-refractivity contribution >= 4 is 0 Å². The molecule has 1 saturated heterocycles. The molecule has 0 bridgehead atoms. The van der Waals surface area contributed by atoms with Crippen LogP contribution < -0.4 is 0 Å². The van der Waals surface area contributed by atoms with Crippen molar-refractivity contribution in [2.24, 2.45) is 0 Å². The Morgan fingerprint density at radius 3 is 1.25 bits per heavy atom. The maximum atomic E-state index is 4.35. The van der Waals surface area contributed by atoms with Crippen molar-refractivity contribution in [3.63, 3.8) is 0 Å². The molecule has 1 aliphatic heterocycles. The summed E-state index contributed by atoms with van der Waals surface area (Å²) in [6.45, 7) is 1.31. The van der Waals surface area contributed by atoms with E-state index >= 15 is 0 Å². The van der Waals surface area contributed by atoms with E-state index in [-0.39, 0.29) is 0 Å². The van der Waals surface area contributed by atoms with Crippen LogP contribution in [0.2, 0.25) is 0 Å². The third kappa shape index (κ3) is 4.85. The summed E-state index contributed by atoms with van der Waals surface area (Å²) in [5.74, 6) is 0. The lowest BCUT2D eigenvalue weighted by Gasteiger charge is -2.06. The van der Waals surface area contributed by atoms with Gasteiger partial charge in [-0.3, -0.25) is 0 Å². The molecule has 0 amide bonds. The summed E-state index contributed by atoms with van der Waals surface area (Å²) in [5.41, 5.74) is 0. The topological polar surface area (TPSA) is 27.7 Å². The van der Waals surface area contributed by atoms with Crippen LogP contribution in [0.4, 0.5) is 0 Å². The molecule has 3 nitrogen and oxygen atoms in total. The van der Waals surface area contributed by atoms with Crippen LogP contribution in [-0.2, 0) is 14.8 Å². The summed E-state index contributed by atoms with van der Waals surface area (Å²) in [6, 6.07) is 12.0. The van der Waals surface area contributed by atoms with Crippen molar-refractivity contribution in [2.75, 3.05) is 13.2 Å². The van der Waals surface area contributed by atoms with Gasteiger partial charge in [-0.25, -0.2) is 9.78 Å². The first kappa shape index (κ1) is 9.19. The van der Waals surface area contributed by atoms with Crippen LogP contribution in [0.5, 0.6) is 0 Å². The smallest absolute Gasteiger partial charge is 0.0877 e. The van der Waals surface area contributed by atoms with Crippen LogP contribution in [-0.4, -0.2) is 13.2 Å². The van der Waals surface area contributed by atoms with E-state index in [9.17, 15) is 0 Å². The average Bonchev–Trinajstić information content (AvgIpc) is 2.24. The monoisotopic (exact) mass is 168 g/mol. The fraction of sp³-hybridized carbons (Fsp3) is 0.333. The highest BCUT2D eigenvalue weighted by atomic mass is 17.5. The summed E-state index contributed by atoms with van der Waals surface area (Å²) in [7, 11) is 0. The molecule has 0 aliphatic carbocycles. The van der Waals surface area contributed by atoms with E-state index in [1.54, 1.807) is 0 Å². The van der Waals surface area contributed by atoms with Gasteiger partial charge in [-0.15, -0.1) is 0 Å². The third-order valence-corrected chi connectivity index (χ3v) is 1.22. The second kappa shape index (κ2) is 6.79. The SMILES string of the molecule is C1COOOC1.c1ccccc1. The van der Waals surface area contributed by atoms with E-state index in [4.69, 9.17) is 0 Å². The fourth-order valence-electron chi connectivity index (χ4n) is 0.664. The van der Waals surface area contributed by atoms with Gasteiger partial charge in [0.1, 0.15) is 0 Å². The Morgan fingerprint density at radius 1 is 0.667 bits per heavy atom. The molecule has 66 valence electrons. The molecule has 12 heavy (non-hydrogen) atoms. The van der Waals surface area contributed by atoms with E-state index in [2.05, 4.69) is 14.8 Å². The number of hydrogen-bond donors (Lipinski definition) is 0. The van der Waals surface area contributed by atoms with Gasteiger partial charge in [-0.2, -0.15) is 0 Å². The summed E-state index contributed by atoms with van der Waals surface area (Å²) < 4.78 is 0. The van der Waals surface area contributed by atoms with Crippen LogP contribution >= 0.6 is 0 Å². The molecule has 0 N–H and O–H groups in total. The highest BCUT2D eigenvalue weighted by Crippen LogP contribution is 1.93. The molecular formula is C9H12O3. The van der Waals surface area contributed by atoms with Crippen molar-refractivity contribution < 1.29 is 14.8 Å². The molecule has 1 aliphatic rings. The zero-order valence-electron chi connectivity index (χ0n) is 6.81. The first-order chi connectivity index (χ1) is 6.00. The van der Waals surface area contributed by atoms with Gasteiger partial charge in [0.25, 0.3) is 0 Å².